The van der Waals surface area contributed by atoms with E-state index in [2.05, 4.69) is 29.4 Å². The first kappa shape index (κ1) is 16.9. The molecule has 0 bridgehead atoms. The smallest absolute Gasteiger partial charge is 0.257 e. The first-order valence-corrected chi connectivity index (χ1v) is 8.82. The number of nitrogens with one attached hydrogen (secondary N) is 1. The maximum Gasteiger partial charge on any atom is 0.257 e. The fourth-order valence-corrected chi connectivity index (χ4v) is 3.21. The van der Waals surface area contributed by atoms with Gasteiger partial charge in [0, 0.05) is 17.1 Å². The molecule has 132 valence electrons. The molecule has 4 rings (SSSR count). The number of nitrogens with zero attached hydrogens (tertiary/aromatic N) is 2. The predicted octanol–water partition coefficient (Wildman–Crippen LogP) is 5.17. The third-order valence-corrected chi connectivity index (χ3v) is 4.59. The zero-order chi connectivity index (χ0) is 18.8. The van der Waals surface area contributed by atoms with Crippen LogP contribution in [-0.4, -0.2) is 15.9 Å². The van der Waals surface area contributed by atoms with Crippen molar-refractivity contribution in [3.63, 3.8) is 0 Å². The van der Waals surface area contributed by atoms with E-state index in [1.165, 1.54) is 5.56 Å². The summed E-state index contributed by atoms with van der Waals surface area (Å²) in [6.45, 7) is 4.00. The van der Waals surface area contributed by atoms with E-state index in [0.717, 1.165) is 27.7 Å². The fraction of sp³-hybridized carbons (Fsp3) is 0.0870. The van der Waals surface area contributed by atoms with Gasteiger partial charge in [0.25, 0.3) is 5.91 Å². The lowest BCUT2D eigenvalue weighted by molar-refractivity contribution is 0.102. The Labute approximate surface area is 157 Å². The summed E-state index contributed by atoms with van der Waals surface area (Å²) in [5.41, 5.74) is 5.28. The summed E-state index contributed by atoms with van der Waals surface area (Å²) in [7, 11) is 0. The lowest BCUT2D eigenvalue weighted by Gasteiger charge is -2.14. The van der Waals surface area contributed by atoms with Gasteiger partial charge in [-0.1, -0.05) is 54.1 Å². The maximum atomic E-state index is 13.1. The lowest BCUT2D eigenvalue weighted by Crippen LogP contribution is -2.16. The van der Waals surface area contributed by atoms with E-state index in [9.17, 15) is 4.79 Å². The molecule has 4 aromatic rings. The summed E-state index contributed by atoms with van der Waals surface area (Å²) in [6, 6.07) is 21.4. The number of fused-ring (bicyclic) bond motifs is 1. The molecule has 0 aliphatic heterocycles. The zero-order valence-electron chi connectivity index (χ0n) is 15.2. The number of carbonyl (C=O) groups excluding carboxylic acids is 1. The van der Waals surface area contributed by atoms with Gasteiger partial charge in [0.15, 0.2) is 0 Å². The van der Waals surface area contributed by atoms with Crippen LogP contribution in [0.3, 0.4) is 0 Å². The molecular weight excluding hydrogens is 334 g/mol. The van der Waals surface area contributed by atoms with Gasteiger partial charge in [-0.3, -0.25) is 4.79 Å². The highest BCUT2D eigenvalue weighted by Crippen LogP contribution is 2.30. The van der Waals surface area contributed by atoms with Gasteiger partial charge in [0.05, 0.1) is 16.8 Å². The number of aryl methyl sites for hydroxylation is 1. The highest BCUT2D eigenvalue weighted by molar-refractivity contribution is 6.14. The molecule has 1 N–H and O–H groups in total. The van der Waals surface area contributed by atoms with Crippen molar-refractivity contribution in [2.24, 2.45) is 0 Å². The summed E-state index contributed by atoms with van der Waals surface area (Å²) in [5, 5.41) is 3.73. The van der Waals surface area contributed by atoms with Crippen LogP contribution in [0.2, 0.25) is 0 Å². The Morgan fingerprint density at radius 3 is 2.37 bits per heavy atom. The van der Waals surface area contributed by atoms with Crippen LogP contribution in [0.4, 0.5) is 5.82 Å². The molecular formula is C23H19N3O. The van der Waals surface area contributed by atoms with E-state index < -0.39 is 0 Å². The van der Waals surface area contributed by atoms with Crippen LogP contribution >= 0.6 is 0 Å². The van der Waals surface area contributed by atoms with Crippen LogP contribution in [-0.2, 0) is 0 Å². The molecule has 0 saturated heterocycles. The third kappa shape index (κ3) is 3.29. The zero-order valence-corrected chi connectivity index (χ0v) is 15.2. The van der Waals surface area contributed by atoms with Gasteiger partial charge in [0.2, 0.25) is 0 Å². The molecule has 0 fully saturated rings. The van der Waals surface area contributed by atoms with Crippen LogP contribution in [0, 0.1) is 13.8 Å². The Bertz CT molecular complexity index is 1120. The van der Waals surface area contributed by atoms with Crippen molar-refractivity contribution < 1.29 is 4.79 Å². The van der Waals surface area contributed by atoms with Gasteiger partial charge in [0.1, 0.15) is 5.82 Å². The van der Waals surface area contributed by atoms with Crippen LogP contribution in [0.15, 0.2) is 72.9 Å². The van der Waals surface area contributed by atoms with Gasteiger partial charge in [-0.25, -0.2) is 9.97 Å². The predicted molar refractivity (Wildman–Crippen MR) is 109 cm³/mol. The van der Waals surface area contributed by atoms with Crippen molar-refractivity contribution in [2.45, 2.75) is 13.8 Å². The number of para-hydroxylation sites is 1. The van der Waals surface area contributed by atoms with E-state index >= 15 is 0 Å². The number of carbonyl (C=O) groups is 1. The van der Waals surface area contributed by atoms with Gasteiger partial charge < -0.3 is 5.32 Å². The molecule has 0 saturated carbocycles. The van der Waals surface area contributed by atoms with Crippen LogP contribution in [0.25, 0.3) is 22.2 Å². The number of anilines is 1. The second kappa shape index (κ2) is 7.00. The molecule has 0 unspecified atom stereocenters. The average molecular weight is 353 g/mol. The van der Waals surface area contributed by atoms with E-state index in [-0.39, 0.29) is 5.91 Å². The summed E-state index contributed by atoms with van der Waals surface area (Å²) in [4.78, 5) is 22.1. The third-order valence-electron chi connectivity index (χ3n) is 4.59. The van der Waals surface area contributed by atoms with Crippen LogP contribution in [0.5, 0.6) is 0 Å². The average Bonchev–Trinajstić information content (AvgIpc) is 2.69. The van der Waals surface area contributed by atoms with Gasteiger partial charge in [-0.15, -0.1) is 0 Å². The van der Waals surface area contributed by atoms with Gasteiger partial charge >= 0.3 is 0 Å². The summed E-state index contributed by atoms with van der Waals surface area (Å²) in [6.07, 6.45) is 1.66. The number of rotatable bonds is 3. The minimum absolute atomic E-state index is 0.182. The second-order valence-electron chi connectivity index (χ2n) is 6.51. The fourth-order valence-electron chi connectivity index (χ4n) is 3.21. The van der Waals surface area contributed by atoms with Crippen LogP contribution < -0.4 is 5.32 Å². The Balaban J connectivity index is 1.89. The Morgan fingerprint density at radius 2 is 1.63 bits per heavy atom. The van der Waals surface area contributed by atoms with Crippen molar-refractivity contribution in [3.8, 4) is 11.3 Å². The standard InChI is InChI=1S/C23H19N3O/c1-15-10-12-17(13-11-15)22-16(2)21(18-7-3-4-8-19(18)25-22)23(27)26-20-9-5-6-14-24-20/h3-14H,1-2H3,(H,24,26,27). The monoisotopic (exact) mass is 353 g/mol. The Morgan fingerprint density at radius 1 is 0.889 bits per heavy atom. The highest BCUT2D eigenvalue weighted by Gasteiger charge is 2.19. The second-order valence-corrected chi connectivity index (χ2v) is 6.51. The molecule has 2 heterocycles. The van der Waals surface area contributed by atoms with Crippen molar-refractivity contribution in [3.05, 3.63) is 89.6 Å². The molecule has 2 aromatic heterocycles. The van der Waals surface area contributed by atoms with Gasteiger partial charge in [-0.05, 0) is 37.6 Å². The maximum absolute atomic E-state index is 13.1. The van der Waals surface area contributed by atoms with Crippen molar-refractivity contribution in [2.75, 3.05) is 5.32 Å². The summed E-state index contributed by atoms with van der Waals surface area (Å²) >= 11 is 0. The highest BCUT2D eigenvalue weighted by atomic mass is 16.1. The van der Waals surface area contributed by atoms with E-state index in [1.807, 2.05) is 55.5 Å². The van der Waals surface area contributed by atoms with Crippen molar-refractivity contribution in [1.82, 2.24) is 9.97 Å². The SMILES string of the molecule is Cc1ccc(-c2nc3ccccc3c(C(=O)Nc3ccccn3)c2C)cc1. The number of aromatic nitrogens is 2. The molecule has 0 spiro atoms. The number of amides is 1. The van der Waals surface area contributed by atoms with Crippen molar-refractivity contribution >= 4 is 22.6 Å². The van der Waals surface area contributed by atoms with E-state index in [4.69, 9.17) is 4.98 Å². The van der Waals surface area contributed by atoms with Gasteiger partial charge in [-0.2, -0.15) is 0 Å². The molecule has 27 heavy (non-hydrogen) atoms. The van der Waals surface area contributed by atoms with E-state index in [0.29, 0.717) is 11.4 Å². The molecule has 2 aromatic carbocycles. The molecule has 0 aliphatic carbocycles. The Kier molecular flexibility index (Phi) is 4.38. The van der Waals surface area contributed by atoms with E-state index in [1.54, 1.807) is 12.3 Å². The molecule has 0 aliphatic rings. The minimum atomic E-state index is -0.182. The number of hydrogen-bond donors (Lipinski definition) is 1. The summed E-state index contributed by atoms with van der Waals surface area (Å²) < 4.78 is 0. The lowest BCUT2D eigenvalue weighted by atomic mass is 9.97. The Hall–Kier alpha value is -3.53. The minimum Gasteiger partial charge on any atom is -0.307 e. The van der Waals surface area contributed by atoms with Crippen molar-refractivity contribution in [1.29, 1.82) is 0 Å². The quantitative estimate of drug-likeness (QED) is 0.553. The number of hydrogen-bond acceptors (Lipinski definition) is 3. The molecule has 0 radical (unpaired) electrons. The topological polar surface area (TPSA) is 54.9 Å². The number of benzene rings is 2. The molecule has 1 amide bonds. The molecule has 4 heteroatoms. The summed E-state index contributed by atoms with van der Waals surface area (Å²) in [5.74, 6) is 0.345. The van der Waals surface area contributed by atoms with Crippen LogP contribution in [0.1, 0.15) is 21.5 Å². The first-order valence-electron chi connectivity index (χ1n) is 8.82. The largest absolute Gasteiger partial charge is 0.307 e. The molecule has 0 atom stereocenters. The number of pyridine rings is 2. The molecule has 4 nitrogen and oxygen atoms in total. The normalized spacial score (nSPS) is 10.7. The first-order chi connectivity index (χ1) is 13.1.